The monoisotopic (exact) mass is 317 g/mol. The van der Waals surface area contributed by atoms with E-state index in [9.17, 15) is 19.7 Å². The van der Waals surface area contributed by atoms with Gasteiger partial charge in [0.25, 0.3) is 5.09 Å². The third-order valence-electron chi connectivity index (χ3n) is 2.82. The van der Waals surface area contributed by atoms with Crippen molar-refractivity contribution < 1.29 is 29.4 Å². The SMILES string of the molecule is O=C(O)c1ccccc1C(=O)Oc1cccc(CO[N+](=O)[O-])c1. The molecule has 2 aromatic carbocycles. The molecule has 118 valence electrons. The summed E-state index contributed by atoms with van der Waals surface area (Å²) in [5.41, 5.74) is 0.163. The van der Waals surface area contributed by atoms with Gasteiger partial charge in [0.1, 0.15) is 12.4 Å². The number of carbonyl (C=O) groups excluding carboxylic acids is 1. The Morgan fingerprint density at radius 3 is 2.43 bits per heavy atom. The number of carboxylic acids is 1. The van der Waals surface area contributed by atoms with Gasteiger partial charge in [-0.1, -0.05) is 24.3 Å². The third kappa shape index (κ3) is 4.27. The highest BCUT2D eigenvalue weighted by Gasteiger charge is 2.17. The van der Waals surface area contributed by atoms with Gasteiger partial charge in [0.05, 0.1) is 11.1 Å². The largest absolute Gasteiger partial charge is 0.478 e. The summed E-state index contributed by atoms with van der Waals surface area (Å²) in [4.78, 5) is 37.6. The van der Waals surface area contributed by atoms with Gasteiger partial charge in [0, 0.05) is 0 Å². The number of aromatic carboxylic acids is 1. The van der Waals surface area contributed by atoms with E-state index < -0.39 is 17.0 Å². The predicted octanol–water partition coefficient (Wildman–Crippen LogP) is 2.31. The zero-order chi connectivity index (χ0) is 16.8. The second-order valence-electron chi connectivity index (χ2n) is 4.38. The summed E-state index contributed by atoms with van der Waals surface area (Å²) in [6, 6.07) is 11.6. The molecule has 0 aliphatic carbocycles. The number of esters is 1. The first-order chi connectivity index (χ1) is 11.0. The zero-order valence-electron chi connectivity index (χ0n) is 11.7. The summed E-state index contributed by atoms with van der Waals surface area (Å²) in [6.07, 6.45) is 0. The van der Waals surface area contributed by atoms with Gasteiger partial charge in [-0.05, 0) is 29.8 Å². The molecule has 1 N–H and O–H groups in total. The molecule has 0 atom stereocenters. The second kappa shape index (κ2) is 7.03. The van der Waals surface area contributed by atoms with Crippen LogP contribution in [0.2, 0.25) is 0 Å². The number of hydrogen-bond donors (Lipinski definition) is 1. The van der Waals surface area contributed by atoms with Gasteiger partial charge >= 0.3 is 11.9 Å². The van der Waals surface area contributed by atoms with E-state index in [2.05, 4.69) is 4.84 Å². The molecule has 0 aliphatic heterocycles. The lowest BCUT2D eigenvalue weighted by Crippen LogP contribution is -2.14. The summed E-state index contributed by atoms with van der Waals surface area (Å²) < 4.78 is 5.11. The van der Waals surface area contributed by atoms with Crippen LogP contribution in [0, 0.1) is 10.1 Å². The van der Waals surface area contributed by atoms with E-state index in [1.54, 1.807) is 6.07 Å². The number of carbonyl (C=O) groups is 2. The van der Waals surface area contributed by atoms with Gasteiger partial charge in [-0.25, -0.2) is 9.59 Å². The average Bonchev–Trinajstić information content (AvgIpc) is 2.53. The summed E-state index contributed by atoms with van der Waals surface area (Å²) in [7, 11) is 0. The normalized spacial score (nSPS) is 9.91. The minimum Gasteiger partial charge on any atom is -0.478 e. The lowest BCUT2D eigenvalue weighted by atomic mass is 10.1. The number of hydrogen-bond acceptors (Lipinski definition) is 6. The van der Waals surface area contributed by atoms with Crippen molar-refractivity contribution in [2.75, 3.05) is 0 Å². The molecular formula is C15H11NO7. The van der Waals surface area contributed by atoms with E-state index >= 15 is 0 Å². The van der Waals surface area contributed by atoms with Crippen molar-refractivity contribution in [2.24, 2.45) is 0 Å². The second-order valence-corrected chi connectivity index (χ2v) is 4.38. The average molecular weight is 317 g/mol. The van der Waals surface area contributed by atoms with Crippen LogP contribution in [-0.2, 0) is 11.4 Å². The van der Waals surface area contributed by atoms with E-state index in [0.29, 0.717) is 5.56 Å². The minimum atomic E-state index is -1.24. The molecule has 0 saturated carbocycles. The van der Waals surface area contributed by atoms with Crippen LogP contribution >= 0.6 is 0 Å². The van der Waals surface area contributed by atoms with E-state index in [1.165, 1.54) is 42.5 Å². The highest BCUT2D eigenvalue weighted by Crippen LogP contribution is 2.17. The van der Waals surface area contributed by atoms with Crippen molar-refractivity contribution in [3.05, 3.63) is 75.3 Å². The fraction of sp³-hybridized carbons (Fsp3) is 0.0667. The Bertz CT molecular complexity index is 757. The van der Waals surface area contributed by atoms with E-state index in [1.807, 2.05) is 0 Å². The highest BCUT2D eigenvalue weighted by atomic mass is 16.9. The first kappa shape index (κ1) is 16.0. The topological polar surface area (TPSA) is 116 Å². The van der Waals surface area contributed by atoms with Crippen molar-refractivity contribution >= 4 is 11.9 Å². The number of benzene rings is 2. The van der Waals surface area contributed by atoms with Gasteiger partial charge in [-0.2, -0.15) is 0 Å². The van der Waals surface area contributed by atoms with Gasteiger partial charge in [-0.15, -0.1) is 10.1 Å². The molecule has 23 heavy (non-hydrogen) atoms. The Balaban J connectivity index is 2.16. The van der Waals surface area contributed by atoms with Crippen molar-refractivity contribution in [3.8, 4) is 5.75 Å². The highest BCUT2D eigenvalue weighted by molar-refractivity contribution is 6.03. The molecule has 0 amide bonds. The Morgan fingerprint density at radius 2 is 1.78 bits per heavy atom. The van der Waals surface area contributed by atoms with Crippen molar-refractivity contribution in [3.63, 3.8) is 0 Å². The standard InChI is InChI=1S/C15H11NO7/c17-14(18)12-6-1-2-7-13(12)15(19)23-11-5-3-4-10(8-11)9-22-16(20)21/h1-8H,9H2,(H,17,18). The third-order valence-corrected chi connectivity index (χ3v) is 2.82. The number of carboxylic acid groups (broad SMARTS) is 1. The molecule has 0 unspecified atom stereocenters. The van der Waals surface area contributed by atoms with Crippen molar-refractivity contribution in [2.45, 2.75) is 6.61 Å². The maximum atomic E-state index is 12.1. The maximum Gasteiger partial charge on any atom is 0.344 e. The fourth-order valence-corrected chi connectivity index (χ4v) is 1.84. The van der Waals surface area contributed by atoms with Gasteiger partial charge in [0.15, 0.2) is 0 Å². The summed E-state index contributed by atoms with van der Waals surface area (Å²) in [6.45, 7) is -0.288. The molecule has 0 bridgehead atoms. The Hall–Kier alpha value is -3.42. The Kier molecular flexibility index (Phi) is 4.88. The lowest BCUT2D eigenvalue weighted by molar-refractivity contribution is -0.763. The summed E-state index contributed by atoms with van der Waals surface area (Å²) in [5, 5.41) is 18.3. The van der Waals surface area contributed by atoms with Crippen LogP contribution in [0.3, 0.4) is 0 Å². The van der Waals surface area contributed by atoms with Crippen LogP contribution in [0.15, 0.2) is 48.5 Å². The minimum absolute atomic E-state index is 0.0908. The first-order valence-corrected chi connectivity index (χ1v) is 6.38. The van der Waals surface area contributed by atoms with Crippen LogP contribution in [0.4, 0.5) is 0 Å². The molecule has 8 nitrogen and oxygen atoms in total. The molecular weight excluding hydrogens is 306 g/mol. The van der Waals surface area contributed by atoms with Crippen LogP contribution < -0.4 is 4.74 Å². The molecule has 0 aromatic heterocycles. The zero-order valence-corrected chi connectivity index (χ0v) is 11.7. The molecule has 0 saturated heterocycles. The molecule has 2 aromatic rings. The number of rotatable bonds is 6. The van der Waals surface area contributed by atoms with E-state index in [0.717, 1.165) is 0 Å². The molecule has 0 fully saturated rings. The summed E-state index contributed by atoms with van der Waals surface area (Å²) in [5.74, 6) is -1.96. The van der Waals surface area contributed by atoms with Crippen LogP contribution in [0.5, 0.6) is 5.75 Å². The van der Waals surface area contributed by atoms with Crippen molar-refractivity contribution in [1.29, 1.82) is 0 Å². The first-order valence-electron chi connectivity index (χ1n) is 6.38. The molecule has 0 radical (unpaired) electrons. The van der Waals surface area contributed by atoms with Crippen LogP contribution in [0.25, 0.3) is 0 Å². The number of ether oxygens (including phenoxy) is 1. The van der Waals surface area contributed by atoms with Gasteiger partial charge in [-0.3, -0.25) is 0 Å². The molecule has 8 heteroatoms. The van der Waals surface area contributed by atoms with E-state index in [4.69, 9.17) is 9.84 Å². The molecule has 0 aliphatic rings. The molecule has 0 heterocycles. The van der Waals surface area contributed by atoms with Crippen LogP contribution in [-0.4, -0.2) is 22.1 Å². The lowest BCUT2D eigenvalue weighted by Gasteiger charge is -2.08. The van der Waals surface area contributed by atoms with Crippen molar-refractivity contribution in [1.82, 2.24) is 0 Å². The smallest absolute Gasteiger partial charge is 0.344 e. The van der Waals surface area contributed by atoms with E-state index in [-0.39, 0.29) is 23.5 Å². The summed E-state index contributed by atoms with van der Waals surface area (Å²) >= 11 is 0. The predicted molar refractivity (Wildman–Crippen MR) is 76.6 cm³/mol. The van der Waals surface area contributed by atoms with Crippen LogP contribution in [0.1, 0.15) is 26.3 Å². The molecule has 0 spiro atoms. The Labute approximate surface area is 130 Å². The quantitative estimate of drug-likeness (QED) is 0.376. The van der Waals surface area contributed by atoms with Gasteiger partial charge < -0.3 is 14.7 Å². The fourth-order valence-electron chi connectivity index (χ4n) is 1.84. The maximum absolute atomic E-state index is 12.1. The molecule has 2 rings (SSSR count). The number of nitrogens with zero attached hydrogens (tertiary/aromatic N) is 1. The van der Waals surface area contributed by atoms with Gasteiger partial charge in [0.2, 0.25) is 0 Å². The Morgan fingerprint density at radius 1 is 1.09 bits per heavy atom.